The molecule has 1 saturated heterocycles. The van der Waals surface area contributed by atoms with Crippen LogP contribution >= 0.6 is 0 Å². The maximum Gasteiger partial charge on any atom is 0.234 e. The molecular formula is C9H10N2O2. The minimum absolute atomic E-state index is 0.111. The summed E-state index contributed by atoms with van der Waals surface area (Å²) in [5.74, 6) is -0.552. The Morgan fingerprint density at radius 1 is 1.38 bits per heavy atom. The zero-order chi connectivity index (χ0) is 9.80. The molecule has 0 aromatic rings. The van der Waals surface area contributed by atoms with Crippen molar-refractivity contribution in [1.82, 2.24) is 4.90 Å². The smallest absolute Gasteiger partial charge is 0.234 e. The van der Waals surface area contributed by atoms with E-state index in [4.69, 9.17) is 5.26 Å². The van der Waals surface area contributed by atoms with Crippen LogP contribution < -0.4 is 0 Å². The van der Waals surface area contributed by atoms with Crippen molar-refractivity contribution in [3.05, 3.63) is 0 Å². The summed E-state index contributed by atoms with van der Waals surface area (Å²) in [7, 11) is 0. The quantitative estimate of drug-likeness (QED) is 0.542. The predicted molar refractivity (Wildman–Crippen MR) is 43.1 cm³/mol. The van der Waals surface area contributed by atoms with E-state index in [1.54, 1.807) is 13.8 Å². The number of likely N-dealkylation sites (tertiary alicyclic amines) is 1. The number of nitriles is 1. The van der Waals surface area contributed by atoms with Gasteiger partial charge in [-0.05, 0) is 20.3 Å². The third-order valence-electron chi connectivity index (χ3n) is 2.70. The first-order valence-electron chi connectivity index (χ1n) is 4.28. The van der Waals surface area contributed by atoms with Gasteiger partial charge >= 0.3 is 0 Å². The lowest BCUT2D eigenvalue weighted by Gasteiger charge is -2.28. The number of amides is 2. The normalized spacial score (nSPS) is 31.6. The summed E-state index contributed by atoms with van der Waals surface area (Å²) >= 11 is 0. The molecule has 4 nitrogen and oxygen atoms in total. The van der Waals surface area contributed by atoms with Gasteiger partial charge in [-0.2, -0.15) is 5.26 Å². The highest BCUT2D eigenvalue weighted by Gasteiger charge is 2.61. The monoisotopic (exact) mass is 178 g/mol. The van der Waals surface area contributed by atoms with Crippen LogP contribution in [-0.2, 0) is 9.59 Å². The minimum atomic E-state index is -0.985. The molecule has 1 heterocycles. The minimum Gasteiger partial charge on any atom is -0.274 e. The summed E-state index contributed by atoms with van der Waals surface area (Å²) in [6.07, 6.45) is 0.690. The number of imide groups is 1. The van der Waals surface area contributed by atoms with Gasteiger partial charge in [0.25, 0.3) is 0 Å². The highest BCUT2D eigenvalue weighted by molar-refractivity contribution is 6.09. The van der Waals surface area contributed by atoms with E-state index >= 15 is 0 Å². The molecule has 0 spiro atoms. The molecule has 2 rings (SSSR count). The molecule has 1 aliphatic heterocycles. The SMILES string of the molecule is CC(C)(C#N)N1C(=O)C2CC2C1=O. The molecule has 4 heteroatoms. The van der Waals surface area contributed by atoms with Crippen molar-refractivity contribution >= 4 is 11.8 Å². The molecule has 13 heavy (non-hydrogen) atoms. The van der Waals surface area contributed by atoms with Crippen LogP contribution in [0.4, 0.5) is 0 Å². The van der Waals surface area contributed by atoms with Crippen LogP contribution in [0.25, 0.3) is 0 Å². The van der Waals surface area contributed by atoms with E-state index in [1.807, 2.05) is 6.07 Å². The van der Waals surface area contributed by atoms with Crippen LogP contribution in [0.1, 0.15) is 20.3 Å². The summed E-state index contributed by atoms with van der Waals surface area (Å²) in [5, 5.41) is 8.79. The van der Waals surface area contributed by atoms with E-state index < -0.39 is 5.54 Å². The first-order valence-corrected chi connectivity index (χ1v) is 4.28. The molecule has 2 unspecified atom stereocenters. The van der Waals surface area contributed by atoms with Gasteiger partial charge in [0.2, 0.25) is 11.8 Å². The Morgan fingerprint density at radius 2 is 1.85 bits per heavy atom. The first kappa shape index (κ1) is 8.24. The Balaban J connectivity index is 2.32. The Kier molecular flexibility index (Phi) is 1.34. The lowest BCUT2D eigenvalue weighted by molar-refractivity contribution is -0.145. The second kappa shape index (κ2) is 2.11. The fraction of sp³-hybridized carbons (Fsp3) is 0.667. The average molecular weight is 178 g/mol. The maximum atomic E-state index is 11.5. The Morgan fingerprint density at radius 3 is 2.23 bits per heavy atom. The van der Waals surface area contributed by atoms with Crippen LogP contribution in [0.5, 0.6) is 0 Å². The van der Waals surface area contributed by atoms with E-state index in [0.717, 1.165) is 4.90 Å². The lowest BCUT2D eigenvalue weighted by atomic mass is 10.1. The van der Waals surface area contributed by atoms with Crippen molar-refractivity contribution < 1.29 is 9.59 Å². The second-order valence-corrected chi connectivity index (χ2v) is 4.13. The van der Waals surface area contributed by atoms with Crippen molar-refractivity contribution in [2.75, 3.05) is 0 Å². The standard InChI is InChI=1S/C9H10N2O2/c1-9(2,4-10)11-7(12)5-3-6(5)8(11)13/h5-6H,3H2,1-2H3. The summed E-state index contributed by atoms with van der Waals surface area (Å²) in [4.78, 5) is 24.2. The fourth-order valence-corrected chi connectivity index (χ4v) is 1.78. The van der Waals surface area contributed by atoms with Gasteiger partial charge in [-0.3, -0.25) is 14.5 Å². The zero-order valence-corrected chi connectivity index (χ0v) is 7.57. The van der Waals surface area contributed by atoms with Crippen molar-refractivity contribution in [2.45, 2.75) is 25.8 Å². The molecular weight excluding hydrogens is 168 g/mol. The van der Waals surface area contributed by atoms with Gasteiger partial charge in [0.05, 0.1) is 17.9 Å². The van der Waals surface area contributed by atoms with Gasteiger partial charge in [0, 0.05) is 0 Å². The van der Waals surface area contributed by atoms with Gasteiger partial charge in [-0.15, -0.1) is 0 Å². The predicted octanol–water partition coefficient (Wildman–Crippen LogP) is 0.293. The third-order valence-corrected chi connectivity index (χ3v) is 2.70. The van der Waals surface area contributed by atoms with Crippen LogP contribution in [0.2, 0.25) is 0 Å². The Labute approximate surface area is 76.1 Å². The Hall–Kier alpha value is -1.37. The van der Waals surface area contributed by atoms with Crippen LogP contribution in [0, 0.1) is 23.2 Å². The van der Waals surface area contributed by atoms with Crippen molar-refractivity contribution in [2.24, 2.45) is 11.8 Å². The number of fused-ring (bicyclic) bond motifs is 1. The number of hydrogen-bond donors (Lipinski definition) is 0. The number of hydrogen-bond acceptors (Lipinski definition) is 3. The van der Waals surface area contributed by atoms with Gasteiger partial charge in [-0.25, -0.2) is 0 Å². The van der Waals surface area contributed by atoms with E-state index in [2.05, 4.69) is 0 Å². The largest absolute Gasteiger partial charge is 0.274 e. The topological polar surface area (TPSA) is 61.2 Å². The van der Waals surface area contributed by atoms with Crippen molar-refractivity contribution in [1.29, 1.82) is 5.26 Å². The molecule has 1 saturated carbocycles. The maximum absolute atomic E-state index is 11.5. The second-order valence-electron chi connectivity index (χ2n) is 4.13. The van der Waals surface area contributed by atoms with Gasteiger partial charge in [-0.1, -0.05) is 0 Å². The third kappa shape index (κ3) is 0.902. The molecule has 2 fully saturated rings. The molecule has 1 aliphatic carbocycles. The fourth-order valence-electron chi connectivity index (χ4n) is 1.78. The van der Waals surface area contributed by atoms with Gasteiger partial charge < -0.3 is 0 Å². The molecule has 0 aromatic heterocycles. The van der Waals surface area contributed by atoms with E-state index in [9.17, 15) is 9.59 Å². The zero-order valence-electron chi connectivity index (χ0n) is 7.57. The molecule has 0 aromatic carbocycles. The number of rotatable bonds is 1. The first-order chi connectivity index (χ1) is 5.99. The summed E-state index contributed by atoms with van der Waals surface area (Å²) in [6, 6.07) is 1.97. The highest BCUT2D eigenvalue weighted by atomic mass is 16.2. The van der Waals surface area contributed by atoms with Gasteiger partial charge in [0.1, 0.15) is 5.54 Å². The average Bonchev–Trinajstić information content (AvgIpc) is 2.78. The molecule has 2 aliphatic rings. The molecule has 2 atom stereocenters. The summed E-state index contributed by atoms with van der Waals surface area (Å²) in [5.41, 5.74) is -0.985. The highest BCUT2D eigenvalue weighted by Crippen LogP contribution is 2.48. The van der Waals surface area contributed by atoms with Crippen LogP contribution in [0.15, 0.2) is 0 Å². The molecule has 0 bridgehead atoms. The van der Waals surface area contributed by atoms with Crippen molar-refractivity contribution in [3.8, 4) is 6.07 Å². The van der Waals surface area contributed by atoms with Gasteiger partial charge in [0.15, 0.2) is 0 Å². The summed E-state index contributed by atoms with van der Waals surface area (Å²) in [6.45, 7) is 3.18. The number of carbonyl (C=O) groups excluding carboxylic acids is 2. The molecule has 68 valence electrons. The van der Waals surface area contributed by atoms with Crippen LogP contribution in [-0.4, -0.2) is 22.3 Å². The number of piperidine rings is 1. The Bertz CT molecular complexity index is 320. The molecule has 2 amide bonds. The lowest BCUT2D eigenvalue weighted by Crippen LogP contribution is -2.48. The van der Waals surface area contributed by atoms with Crippen LogP contribution in [0.3, 0.4) is 0 Å². The number of carbonyl (C=O) groups is 2. The molecule has 0 N–H and O–H groups in total. The van der Waals surface area contributed by atoms with E-state index in [1.165, 1.54) is 0 Å². The number of nitrogens with zero attached hydrogens (tertiary/aromatic N) is 2. The molecule has 0 radical (unpaired) electrons. The summed E-state index contributed by atoms with van der Waals surface area (Å²) < 4.78 is 0. The van der Waals surface area contributed by atoms with E-state index in [-0.39, 0.29) is 23.7 Å². The van der Waals surface area contributed by atoms with E-state index in [0.29, 0.717) is 6.42 Å². The van der Waals surface area contributed by atoms with Crippen molar-refractivity contribution in [3.63, 3.8) is 0 Å².